The van der Waals surface area contributed by atoms with Gasteiger partial charge in [0.2, 0.25) is 0 Å². The summed E-state index contributed by atoms with van der Waals surface area (Å²) in [5, 5.41) is 3.29. The summed E-state index contributed by atoms with van der Waals surface area (Å²) in [5.41, 5.74) is 2.68. The number of nitrogens with zero attached hydrogens (tertiary/aromatic N) is 2. The number of aryl methyl sites for hydroxylation is 1. The van der Waals surface area contributed by atoms with Crippen LogP contribution >= 0.6 is 0 Å². The Labute approximate surface area is 123 Å². The number of benzene rings is 1. The van der Waals surface area contributed by atoms with Crippen LogP contribution in [0.2, 0.25) is 0 Å². The number of nitrogens with one attached hydrogen (secondary N) is 1. The summed E-state index contributed by atoms with van der Waals surface area (Å²) in [6, 6.07) is 9.32. The maximum atomic E-state index is 5.26. The van der Waals surface area contributed by atoms with Gasteiger partial charge in [-0.1, -0.05) is 18.1 Å². The number of anilines is 1. The van der Waals surface area contributed by atoms with Gasteiger partial charge in [-0.05, 0) is 31.5 Å². The van der Waals surface area contributed by atoms with Crippen LogP contribution in [-0.2, 0) is 0 Å². The van der Waals surface area contributed by atoms with Gasteiger partial charge in [0.15, 0.2) is 0 Å². The zero-order valence-corrected chi connectivity index (χ0v) is 12.6. The van der Waals surface area contributed by atoms with Gasteiger partial charge in [-0.3, -0.25) is 4.90 Å². The first kappa shape index (κ1) is 14.9. The number of piperazine rings is 1. The maximum absolute atomic E-state index is 5.26. The van der Waals surface area contributed by atoms with Gasteiger partial charge in [-0.2, -0.15) is 0 Å². The van der Waals surface area contributed by atoms with E-state index in [1.807, 2.05) is 0 Å². The third-order valence-corrected chi connectivity index (χ3v) is 3.97. The van der Waals surface area contributed by atoms with Crippen LogP contribution in [0.1, 0.15) is 12.5 Å². The highest BCUT2D eigenvalue weighted by molar-refractivity contribution is 5.48. The molecule has 108 valence electrons. The minimum Gasteiger partial charge on any atom is -0.369 e. The van der Waals surface area contributed by atoms with Crippen LogP contribution in [0.15, 0.2) is 24.3 Å². The monoisotopic (exact) mass is 271 g/mol. The predicted octanol–water partition coefficient (Wildman–Crippen LogP) is 1.73. The molecule has 0 bridgehead atoms. The van der Waals surface area contributed by atoms with E-state index < -0.39 is 0 Å². The van der Waals surface area contributed by atoms with Gasteiger partial charge in [0.25, 0.3) is 0 Å². The van der Waals surface area contributed by atoms with Crippen LogP contribution in [0.4, 0.5) is 5.69 Å². The first-order valence-corrected chi connectivity index (χ1v) is 7.40. The van der Waals surface area contributed by atoms with Gasteiger partial charge in [-0.15, -0.1) is 6.42 Å². The fraction of sp³-hybridized carbons (Fsp3) is 0.529. The average molecular weight is 271 g/mol. The molecule has 0 radical (unpaired) electrons. The lowest BCUT2D eigenvalue weighted by Crippen LogP contribution is -2.52. The standard InChI is InChI=1S/C17H25N3/c1-4-8-18-14-16(3)19-9-11-20(12-10-19)17-7-5-6-15(2)13-17/h1,5-7,13,16,18H,8-12,14H2,2-3H3. The first-order valence-electron chi connectivity index (χ1n) is 7.40. The highest BCUT2D eigenvalue weighted by Crippen LogP contribution is 2.18. The SMILES string of the molecule is C#CCNCC(C)N1CCN(c2cccc(C)c2)CC1. The Kier molecular flexibility index (Phi) is 5.46. The van der Waals surface area contributed by atoms with Gasteiger partial charge < -0.3 is 10.2 Å². The van der Waals surface area contributed by atoms with Gasteiger partial charge in [0.1, 0.15) is 0 Å². The lowest BCUT2D eigenvalue weighted by molar-refractivity contribution is 0.194. The van der Waals surface area contributed by atoms with Crippen molar-refractivity contribution < 1.29 is 0 Å². The molecule has 1 N–H and O–H groups in total. The minimum atomic E-state index is 0.544. The molecule has 1 saturated heterocycles. The molecule has 1 fully saturated rings. The van der Waals surface area contributed by atoms with E-state index in [-0.39, 0.29) is 0 Å². The second kappa shape index (κ2) is 7.33. The highest BCUT2D eigenvalue weighted by Gasteiger charge is 2.20. The van der Waals surface area contributed by atoms with Crippen molar-refractivity contribution in [1.29, 1.82) is 0 Å². The minimum absolute atomic E-state index is 0.544. The van der Waals surface area contributed by atoms with E-state index in [0.717, 1.165) is 32.7 Å². The van der Waals surface area contributed by atoms with Crippen molar-refractivity contribution in [3.8, 4) is 12.3 Å². The molecule has 3 nitrogen and oxygen atoms in total. The Balaban J connectivity index is 1.82. The van der Waals surface area contributed by atoms with Crippen molar-refractivity contribution in [3.63, 3.8) is 0 Å². The van der Waals surface area contributed by atoms with E-state index >= 15 is 0 Å². The molecule has 1 heterocycles. The summed E-state index contributed by atoms with van der Waals surface area (Å²) < 4.78 is 0. The van der Waals surface area contributed by atoms with Crippen LogP contribution in [0, 0.1) is 19.3 Å². The predicted molar refractivity (Wildman–Crippen MR) is 86.1 cm³/mol. The van der Waals surface area contributed by atoms with Gasteiger partial charge in [0, 0.05) is 44.5 Å². The Morgan fingerprint density at radius 2 is 2.05 bits per heavy atom. The summed E-state index contributed by atoms with van der Waals surface area (Å²) in [4.78, 5) is 5.01. The Bertz CT molecular complexity index is 456. The summed E-state index contributed by atoms with van der Waals surface area (Å²) in [6.45, 7) is 10.5. The third kappa shape index (κ3) is 4.00. The van der Waals surface area contributed by atoms with E-state index in [0.29, 0.717) is 12.6 Å². The van der Waals surface area contributed by atoms with Crippen molar-refractivity contribution in [3.05, 3.63) is 29.8 Å². The molecule has 1 aromatic carbocycles. The van der Waals surface area contributed by atoms with Crippen molar-refractivity contribution in [2.75, 3.05) is 44.2 Å². The topological polar surface area (TPSA) is 18.5 Å². The van der Waals surface area contributed by atoms with Crippen molar-refractivity contribution in [2.45, 2.75) is 19.9 Å². The Morgan fingerprint density at radius 3 is 2.70 bits per heavy atom. The number of terminal acetylenes is 1. The molecule has 1 aromatic rings. The average Bonchev–Trinajstić information content (AvgIpc) is 2.47. The molecule has 3 heteroatoms. The normalized spacial score (nSPS) is 17.8. The lowest BCUT2D eigenvalue weighted by Gasteiger charge is -2.39. The lowest BCUT2D eigenvalue weighted by atomic mass is 10.1. The van der Waals surface area contributed by atoms with Crippen molar-refractivity contribution in [2.24, 2.45) is 0 Å². The van der Waals surface area contributed by atoms with Crippen LogP contribution in [0.25, 0.3) is 0 Å². The van der Waals surface area contributed by atoms with E-state index in [1.165, 1.54) is 11.3 Å². The molecule has 0 amide bonds. The summed E-state index contributed by atoms with van der Waals surface area (Å²) in [6.07, 6.45) is 5.26. The molecule has 0 aliphatic carbocycles. The van der Waals surface area contributed by atoms with Gasteiger partial charge >= 0.3 is 0 Å². The molecule has 1 aliphatic heterocycles. The van der Waals surface area contributed by atoms with Crippen LogP contribution < -0.4 is 10.2 Å². The zero-order valence-electron chi connectivity index (χ0n) is 12.6. The molecular weight excluding hydrogens is 246 g/mol. The summed E-state index contributed by atoms with van der Waals surface area (Å²) >= 11 is 0. The van der Waals surface area contributed by atoms with Crippen LogP contribution in [0.5, 0.6) is 0 Å². The van der Waals surface area contributed by atoms with E-state index in [4.69, 9.17) is 6.42 Å². The number of hydrogen-bond acceptors (Lipinski definition) is 3. The molecule has 20 heavy (non-hydrogen) atoms. The molecule has 0 aromatic heterocycles. The molecule has 0 saturated carbocycles. The van der Waals surface area contributed by atoms with Gasteiger partial charge in [0.05, 0.1) is 6.54 Å². The smallest absolute Gasteiger partial charge is 0.0574 e. The van der Waals surface area contributed by atoms with E-state index in [1.54, 1.807) is 0 Å². The number of rotatable bonds is 5. The third-order valence-electron chi connectivity index (χ3n) is 3.97. The molecular formula is C17H25N3. The summed E-state index contributed by atoms with van der Waals surface area (Å²) in [5.74, 6) is 2.62. The molecule has 0 spiro atoms. The highest BCUT2D eigenvalue weighted by atomic mass is 15.3. The fourth-order valence-corrected chi connectivity index (χ4v) is 2.73. The zero-order chi connectivity index (χ0) is 14.4. The molecule has 1 atom stereocenters. The molecule has 1 aliphatic rings. The second-order valence-corrected chi connectivity index (χ2v) is 5.55. The van der Waals surface area contributed by atoms with Crippen LogP contribution in [-0.4, -0.2) is 50.2 Å². The number of hydrogen-bond donors (Lipinski definition) is 1. The van der Waals surface area contributed by atoms with Crippen LogP contribution in [0.3, 0.4) is 0 Å². The largest absolute Gasteiger partial charge is 0.369 e. The Hall–Kier alpha value is -1.50. The second-order valence-electron chi connectivity index (χ2n) is 5.55. The molecule has 1 unspecified atom stereocenters. The maximum Gasteiger partial charge on any atom is 0.0574 e. The fourth-order valence-electron chi connectivity index (χ4n) is 2.73. The summed E-state index contributed by atoms with van der Waals surface area (Å²) in [7, 11) is 0. The van der Waals surface area contributed by atoms with Crippen molar-refractivity contribution >= 4 is 5.69 Å². The van der Waals surface area contributed by atoms with Crippen molar-refractivity contribution in [1.82, 2.24) is 10.2 Å². The van der Waals surface area contributed by atoms with E-state index in [9.17, 15) is 0 Å². The van der Waals surface area contributed by atoms with Gasteiger partial charge in [-0.25, -0.2) is 0 Å². The molecule has 2 rings (SSSR count). The first-order chi connectivity index (χ1) is 9.70. The van der Waals surface area contributed by atoms with E-state index in [2.05, 4.69) is 59.1 Å². The quantitative estimate of drug-likeness (QED) is 0.650. The Morgan fingerprint density at radius 1 is 1.30 bits per heavy atom.